The normalized spacial score (nSPS) is 17.8. The first-order valence-corrected chi connectivity index (χ1v) is 6.11. The minimum atomic E-state index is 0.00231. The Kier molecular flexibility index (Phi) is 4.27. The number of nitrogens with one attached hydrogen (secondary N) is 1. The summed E-state index contributed by atoms with van der Waals surface area (Å²) < 4.78 is 7.06. The summed E-state index contributed by atoms with van der Waals surface area (Å²) in [6.07, 6.45) is 1.65. The van der Waals surface area contributed by atoms with E-state index in [1.807, 2.05) is 23.4 Å². The highest BCUT2D eigenvalue weighted by Crippen LogP contribution is 2.06. The van der Waals surface area contributed by atoms with E-state index in [9.17, 15) is 4.79 Å². The van der Waals surface area contributed by atoms with Gasteiger partial charge in [-0.2, -0.15) is 0 Å². The van der Waals surface area contributed by atoms with Crippen molar-refractivity contribution in [1.82, 2.24) is 25.0 Å². The predicted molar refractivity (Wildman–Crippen MR) is 64.8 cm³/mol. The van der Waals surface area contributed by atoms with Crippen LogP contribution in [0.25, 0.3) is 0 Å². The molecule has 100 valence electrons. The fraction of sp³-hybridized carbons (Fsp3) is 0.727. The molecule has 1 N–H and O–H groups in total. The summed E-state index contributed by atoms with van der Waals surface area (Å²) in [5.74, 6) is 0.928. The first-order valence-electron chi connectivity index (χ1n) is 6.11. The summed E-state index contributed by atoms with van der Waals surface area (Å²) in [6.45, 7) is 4.90. The minimum Gasteiger partial charge on any atom is -0.378 e. The van der Waals surface area contributed by atoms with Crippen LogP contribution in [-0.4, -0.2) is 58.4 Å². The number of carbonyl (C=O) groups excluding carboxylic acids is 1. The Labute approximate surface area is 106 Å². The zero-order chi connectivity index (χ0) is 13.0. The van der Waals surface area contributed by atoms with Gasteiger partial charge in [-0.3, -0.25) is 10.1 Å². The van der Waals surface area contributed by atoms with Crippen molar-refractivity contribution in [2.45, 2.75) is 13.0 Å². The van der Waals surface area contributed by atoms with Crippen LogP contribution < -0.4 is 5.32 Å². The second-order valence-electron chi connectivity index (χ2n) is 4.40. The molecule has 1 fully saturated rings. The van der Waals surface area contributed by atoms with Crippen molar-refractivity contribution in [3.63, 3.8) is 0 Å². The van der Waals surface area contributed by atoms with Gasteiger partial charge in [-0.15, -0.1) is 10.2 Å². The van der Waals surface area contributed by atoms with Crippen molar-refractivity contribution in [2.24, 2.45) is 7.05 Å². The highest BCUT2D eigenvalue weighted by atomic mass is 16.5. The minimum absolute atomic E-state index is 0.00231. The van der Waals surface area contributed by atoms with Gasteiger partial charge in [-0.05, 0) is 6.92 Å². The van der Waals surface area contributed by atoms with Gasteiger partial charge in [-0.25, -0.2) is 0 Å². The molecule has 1 aromatic heterocycles. The topological polar surface area (TPSA) is 72.3 Å². The molecular formula is C11H19N5O2. The van der Waals surface area contributed by atoms with Gasteiger partial charge in [0.2, 0.25) is 5.91 Å². The van der Waals surface area contributed by atoms with Gasteiger partial charge in [-0.1, -0.05) is 0 Å². The monoisotopic (exact) mass is 253 g/mol. The lowest BCUT2D eigenvalue weighted by atomic mass is 10.3. The first kappa shape index (κ1) is 13.0. The van der Waals surface area contributed by atoms with E-state index in [-0.39, 0.29) is 11.9 Å². The Morgan fingerprint density at radius 3 is 2.89 bits per heavy atom. The number of carbonyl (C=O) groups is 1. The maximum Gasteiger partial charge on any atom is 0.236 e. The fourth-order valence-corrected chi connectivity index (χ4v) is 1.94. The van der Waals surface area contributed by atoms with Crippen molar-refractivity contribution in [1.29, 1.82) is 0 Å². The summed E-state index contributed by atoms with van der Waals surface area (Å²) >= 11 is 0. The molecular weight excluding hydrogens is 234 g/mol. The number of hydrogen-bond donors (Lipinski definition) is 1. The molecule has 2 heterocycles. The van der Waals surface area contributed by atoms with Crippen LogP contribution in [0.15, 0.2) is 6.33 Å². The quantitative estimate of drug-likeness (QED) is 0.770. The number of amides is 1. The number of nitrogens with zero attached hydrogens (tertiary/aromatic N) is 4. The first-order chi connectivity index (χ1) is 8.68. The van der Waals surface area contributed by atoms with Gasteiger partial charge < -0.3 is 14.2 Å². The maximum atomic E-state index is 11.9. The number of morpholine rings is 1. The zero-order valence-corrected chi connectivity index (χ0v) is 10.8. The molecule has 18 heavy (non-hydrogen) atoms. The Morgan fingerprint density at radius 2 is 2.28 bits per heavy atom. The summed E-state index contributed by atoms with van der Waals surface area (Å²) in [7, 11) is 1.89. The zero-order valence-electron chi connectivity index (χ0n) is 10.8. The number of aromatic nitrogens is 3. The van der Waals surface area contributed by atoms with Gasteiger partial charge in [0.05, 0.1) is 25.8 Å². The van der Waals surface area contributed by atoms with Gasteiger partial charge in [0, 0.05) is 20.1 Å². The van der Waals surface area contributed by atoms with E-state index in [1.54, 1.807) is 6.33 Å². The van der Waals surface area contributed by atoms with Crippen LogP contribution in [0.5, 0.6) is 0 Å². The number of hydrogen-bond acceptors (Lipinski definition) is 5. The molecule has 1 atom stereocenters. The van der Waals surface area contributed by atoms with Gasteiger partial charge >= 0.3 is 0 Å². The highest BCUT2D eigenvalue weighted by Gasteiger charge is 2.18. The van der Waals surface area contributed by atoms with Crippen LogP contribution in [0.4, 0.5) is 0 Å². The van der Waals surface area contributed by atoms with Crippen LogP contribution in [0, 0.1) is 0 Å². The van der Waals surface area contributed by atoms with E-state index in [2.05, 4.69) is 15.5 Å². The van der Waals surface area contributed by atoms with E-state index in [0.29, 0.717) is 32.8 Å². The molecule has 0 spiro atoms. The molecule has 1 aromatic rings. The number of rotatable bonds is 4. The molecule has 7 heteroatoms. The lowest BCUT2D eigenvalue weighted by Gasteiger charge is -2.27. The average molecular weight is 253 g/mol. The fourth-order valence-electron chi connectivity index (χ4n) is 1.94. The Balaban J connectivity index is 1.80. The third kappa shape index (κ3) is 3.05. The summed E-state index contributed by atoms with van der Waals surface area (Å²) in [5, 5.41) is 11.0. The van der Waals surface area contributed by atoms with Crippen LogP contribution in [0.3, 0.4) is 0 Å². The Bertz CT molecular complexity index is 400. The second-order valence-corrected chi connectivity index (χ2v) is 4.40. The molecule has 1 saturated heterocycles. The maximum absolute atomic E-state index is 11.9. The predicted octanol–water partition coefficient (Wildman–Crippen LogP) is -0.675. The molecule has 0 radical (unpaired) electrons. The van der Waals surface area contributed by atoms with Crippen molar-refractivity contribution in [2.75, 3.05) is 32.8 Å². The number of aryl methyl sites for hydroxylation is 1. The standard InChI is InChI=1S/C11H19N5O2/c1-9(11-14-13-8-15(11)2)12-7-10(17)16-3-5-18-6-4-16/h8-9,12H,3-7H2,1-2H3. The molecule has 0 saturated carbocycles. The van der Waals surface area contributed by atoms with Crippen molar-refractivity contribution in [3.05, 3.63) is 12.2 Å². The molecule has 7 nitrogen and oxygen atoms in total. The molecule has 1 unspecified atom stereocenters. The van der Waals surface area contributed by atoms with Gasteiger partial charge in [0.25, 0.3) is 0 Å². The number of ether oxygens (including phenoxy) is 1. The van der Waals surface area contributed by atoms with E-state index in [4.69, 9.17) is 4.74 Å². The van der Waals surface area contributed by atoms with E-state index in [0.717, 1.165) is 5.82 Å². The smallest absolute Gasteiger partial charge is 0.236 e. The van der Waals surface area contributed by atoms with Crippen LogP contribution in [-0.2, 0) is 16.6 Å². The molecule has 0 aliphatic carbocycles. The van der Waals surface area contributed by atoms with Gasteiger partial charge in [0.15, 0.2) is 0 Å². The SMILES string of the molecule is CC(NCC(=O)N1CCOCC1)c1nncn1C. The molecule has 0 bridgehead atoms. The molecule has 1 amide bonds. The summed E-state index contributed by atoms with van der Waals surface area (Å²) in [6, 6.07) is 0.00231. The Morgan fingerprint density at radius 1 is 1.56 bits per heavy atom. The van der Waals surface area contributed by atoms with Gasteiger partial charge in [0.1, 0.15) is 12.2 Å². The van der Waals surface area contributed by atoms with Crippen molar-refractivity contribution >= 4 is 5.91 Å². The molecule has 2 rings (SSSR count). The Hall–Kier alpha value is -1.47. The lowest BCUT2D eigenvalue weighted by molar-refractivity contribution is -0.134. The van der Waals surface area contributed by atoms with Crippen molar-refractivity contribution in [3.8, 4) is 0 Å². The summed E-state index contributed by atoms with van der Waals surface area (Å²) in [5.41, 5.74) is 0. The third-order valence-electron chi connectivity index (χ3n) is 3.06. The second kappa shape index (κ2) is 5.92. The lowest BCUT2D eigenvalue weighted by Crippen LogP contribution is -2.45. The van der Waals surface area contributed by atoms with E-state index in [1.165, 1.54) is 0 Å². The highest BCUT2D eigenvalue weighted by molar-refractivity contribution is 5.78. The van der Waals surface area contributed by atoms with Crippen LogP contribution in [0.1, 0.15) is 18.8 Å². The summed E-state index contributed by atoms with van der Waals surface area (Å²) in [4.78, 5) is 13.7. The van der Waals surface area contributed by atoms with E-state index >= 15 is 0 Å². The van der Waals surface area contributed by atoms with Crippen LogP contribution >= 0.6 is 0 Å². The van der Waals surface area contributed by atoms with Crippen LogP contribution in [0.2, 0.25) is 0 Å². The van der Waals surface area contributed by atoms with E-state index < -0.39 is 0 Å². The van der Waals surface area contributed by atoms with Crippen molar-refractivity contribution < 1.29 is 9.53 Å². The third-order valence-corrected chi connectivity index (χ3v) is 3.06. The average Bonchev–Trinajstić information content (AvgIpc) is 2.83. The molecule has 1 aliphatic rings. The molecule has 1 aliphatic heterocycles. The molecule has 0 aromatic carbocycles. The largest absolute Gasteiger partial charge is 0.378 e.